The number of rotatable bonds is 61. The summed E-state index contributed by atoms with van der Waals surface area (Å²) in [5, 5.41) is 10.5. The second-order valence-electron chi connectivity index (χ2n) is 24.4. The van der Waals surface area contributed by atoms with Crippen LogP contribution in [-0.4, -0.2) is 96.7 Å². The standard InChI is InChI=1S/C64H124O17P2/c1-9-55(6)41-33-25-16-14-12-13-15-17-28-36-44-61(66)74-50-59(81-64(69)47-39-31-23-20-27-35-43-57(8)11-3)52-78-82(70,71)76-48-58(65)49-77-83(72,73)79-53-60(80-63(68)46-38-30-21-18-24-32-40-54(4)5)51-75-62(67)45-37-29-22-19-26-34-42-56(7)10-2/h54-60,65H,9-53H2,1-8H3,(H,70,71)(H,72,73)/t55?,56?,57?,58-,59-,60-/m1/s1. The highest BCUT2D eigenvalue weighted by molar-refractivity contribution is 7.47. The molecule has 0 rings (SSSR count). The number of esters is 4. The highest BCUT2D eigenvalue weighted by atomic mass is 31.2. The zero-order valence-electron chi connectivity index (χ0n) is 53.8. The fraction of sp³-hybridized carbons (Fsp3) is 0.938. The Labute approximate surface area is 505 Å². The summed E-state index contributed by atoms with van der Waals surface area (Å²) in [5.74, 6) is 0.784. The van der Waals surface area contributed by atoms with Crippen molar-refractivity contribution in [3.05, 3.63) is 0 Å². The summed E-state index contributed by atoms with van der Waals surface area (Å²) >= 11 is 0. The van der Waals surface area contributed by atoms with E-state index < -0.39 is 97.5 Å². The van der Waals surface area contributed by atoms with Gasteiger partial charge in [0.25, 0.3) is 0 Å². The van der Waals surface area contributed by atoms with Crippen LogP contribution in [0.5, 0.6) is 0 Å². The van der Waals surface area contributed by atoms with Gasteiger partial charge < -0.3 is 33.8 Å². The quantitative estimate of drug-likeness (QED) is 0.0222. The average Bonchev–Trinajstić information content (AvgIpc) is 3.46. The molecule has 5 unspecified atom stereocenters. The van der Waals surface area contributed by atoms with Gasteiger partial charge in [0.1, 0.15) is 19.3 Å². The van der Waals surface area contributed by atoms with Crippen LogP contribution in [0, 0.1) is 23.7 Å². The van der Waals surface area contributed by atoms with Gasteiger partial charge in [-0.05, 0) is 49.4 Å². The first-order chi connectivity index (χ1) is 39.7. The summed E-state index contributed by atoms with van der Waals surface area (Å²) in [4.78, 5) is 72.2. The molecule has 0 aromatic heterocycles. The van der Waals surface area contributed by atoms with E-state index in [0.717, 1.165) is 114 Å². The van der Waals surface area contributed by atoms with Gasteiger partial charge in [-0.15, -0.1) is 0 Å². The van der Waals surface area contributed by atoms with Crippen molar-refractivity contribution in [3.8, 4) is 0 Å². The summed E-state index contributed by atoms with van der Waals surface area (Å²) in [6.45, 7) is 13.9. The minimum atomic E-state index is -4.95. The second-order valence-corrected chi connectivity index (χ2v) is 27.3. The Morgan fingerprint density at radius 3 is 0.855 bits per heavy atom. The zero-order chi connectivity index (χ0) is 61.8. The maximum atomic E-state index is 13.0. The van der Waals surface area contributed by atoms with E-state index in [0.29, 0.717) is 31.6 Å². The fourth-order valence-electron chi connectivity index (χ4n) is 9.33. The normalized spacial score (nSPS) is 15.4. The van der Waals surface area contributed by atoms with Crippen molar-refractivity contribution in [1.29, 1.82) is 0 Å². The third kappa shape index (κ3) is 55.1. The third-order valence-electron chi connectivity index (χ3n) is 15.7. The lowest BCUT2D eigenvalue weighted by atomic mass is 9.99. The van der Waals surface area contributed by atoms with Crippen molar-refractivity contribution in [2.75, 3.05) is 39.6 Å². The number of unbranched alkanes of at least 4 members (excludes halogenated alkanes) is 24. The van der Waals surface area contributed by atoms with E-state index >= 15 is 0 Å². The van der Waals surface area contributed by atoms with Crippen LogP contribution in [0.25, 0.3) is 0 Å². The van der Waals surface area contributed by atoms with E-state index in [1.165, 1.54) is 103 Å². The van der Waals surface area contributed by atoms with Crippen LogP contribution >= 0.6 is 15.6 Å². The number of carbonyl (C=O) groups excluding carboxylic acids is 4. The topological polar surface area (TPSA) is 237 Å². The highest BCUT2D eigenvalue weighted by Crippen LogP contribution is 2.45. The van der Waals surface area contributed by atoms with Crippen LogP contribution in [0.1, 0.15) is 306 Å². The minimum Gasteiger partial charge on any atom is -0.462 e. The number of phosphoric ester groups is 2. The van der Waals surface area contributed by atoms with Crippen molar-refractivity contribution < 1.29 is 80.2 Å². The Balaban J connectivity index is 5.24. The van der Waals surface area contributed by atoms with E-state index in [2.05, 4.69) is 55.4 Å². The van der Waals surface area contributed by atoms with E-state index in [1.54, 1.807) is 0 Å². The number of ether oxygens (including phenoxy) is 4. The second kappa shape index (κ2) is 54.2. The van der Waals surface area contributed by atoms with E-state index in [9.17, 15) is 43.2 Å². The molecule has 0 aliphatic carbocycles. The number of hydrogen-bond donors (Lipinski definition) is 3. The Bertz CT molecular complexity index is 1670. The first-order valence-corrected chi connectivity index (χ1v) is 36.3. The smallest absolute Gasteiger partial charge is 0.462 e. The molecule has 0 heterocycles. The van der Waals surface area contributed by atoms with Gasteiger partial charge in [-0.1, -0.05) is 254 Å². The SMILES string of the molecule is CCC(C)CCCCCCCCCCCCC(=O)OC[C@H](COP(=O)(O)OC[C@@H](O)COP(=O)(O)OC[C@@H](COC(=O)CCCCCCCCC(C)CC)OC(=O)CCCCCCCCC(C)C)OC(=O)CCCCCCCCC(C)CC. The van der Waals surface area contributed by atoms with Crippen molar-refractivity contribution in [1.82, 2.24) is 0 Å². The molecule has 0 saturated carbocycles. The van der Waals surface area contributed by atoms with Gasteiger partial charge in [-0.3, -0.25) is 37.3 Å². The molecule has 0 fully saturated rings. The van der Waals surface area contributed by atoms with Gasteiger partial charge in [-0.2, -0.15) is 0 Å². The summed E-state index contributed by atoms with van der Waals surface area (Å²) in [5.41, 5.74) is 0. The molecule has 0 saturated heterocycles. The Morgan fingerprint density at radius 1 is 0.337 bits per heavy atom. The third-order valence-corrected chi connectivity index (χ3v) is 17.6. The molecule has 17 nitrogen and oxygen atoms in total. The average molecular weight is 1230 g/mol. The predicted molar refractivity (Wildman–Crippen MR) is 331 cm³/mol. The molecule has 3 N–H and O–H groups in total. The lowest BCUT2D eigenvalue weighted by Gasteiger charge is -2.21. The van der Waals surface area contributed by atoms with Gasteiger partial charge in [-0.25, -0.2) is 9.13 Å². The summed E-state index contributed by atoms with van der Waals surface area (Å²) in [6.07, 6.45) is 33.6. The molecule has 83 heavy (non-hydrogen) atoms. The molecule has 0 aromatic carbocycles. The summed E-state index contributed by atoms with van der Waals surface area (Å²) in [6, 6.07) is 0. The van der Waals surface area contributed by atoms with Crippen LogP contribution in [-0.2, 0) is 65.4 Å². The molecule has 492 valence electrons. The van der Waals surface area contributed by atoms with E-state index in [-0.39, 0.29) is 25.7 Å². The molecule has 0 spiro atoms. The van der Waals surface area contributed by atoms with Crippen LogP contribution in [0.15, 0.2) is 0 Å². The van der Waals surface area contributed by atoms with Gasteiger partial charge in [0.05, 0.1) is 26.4 Å². The zero-order valence-corrected chi connectivity index (χ0v) is 55.6. The lowest BCUT2D eigenvalue weighted by Crippen LogP contribution is -2.30. The van der Waals surface area contributed by atoms with E-state index in [1.807, 2.05) is 0 Å². The molecule has 0 aliphatic rings. The molecular formula is C64H124O17P2. The van der Waals surface area contributed by atoms with Crippen LogP contribution in [0.2, 0.25) is 0 Å². The maximum Gasteiger partial charge on any atom is 0.472 e. The molecule has 0 aromatic rings. The van der Waals surface area contributed by atoms with Crippen molar-refractivity contribution in [2.24, 2.45) is 23.7 Å². The molecule has 19 heteroatoms. The first kappa shape index (κ1) is 81.1. The molecule has 8 atom stereocenters. The monoisotopic (exact) mass is 1230 g/mol. The van der Waals surface area contributed by atoms with Gasteiger partial charge in [0.15, 0.2) is 12.2 Å². The van der Waals surface area contributed by atoms with Gasteiger partial charge in [0.2, 0.25) is 0 Å². The Hall–Kier alpha value is -1.94. The minimum absolute atomic E-state index is 0.100. The summed E-state index contributed by atoms with van der Waals surface area (Å²) < 4.78 is 67.9. The fourth-order valence-corrected chi connectivity index (χ4v) is 10.9. The number of aliphatic hydroxyl groups excluding tert-OH is 1. The lowest BCUT2D eigenvalue weighted by molar-refractivity contribution is -0.161. The largest absolute Gasteiger partial charge is 0.472 e. The van der Waals surface area contributed by atoms with Crippen molar-refractivity contribution in [3.63, 3.8) is 0 Å². The number of aliphatic hydroxyl groups is 1. The van der Waals surface area contributed by atoms with E-state index in [4.69, 9.17) is 37.0 Å². The highest BCUT2D eigenvalue weighted by Gasteiger charge is 2.30. The number of hydrogen-bond acceptors (Lipinski definition) is 15. The van der Waals surface area contributed by atoms with Crippen molar-refractivity contribution >= 4 is 39.5 Å². The summed E-state index contributed by atoms with van der Waals surface area (Å²) in [7, 11) is -9.89. The molecule has 0 aliphatic heterocycles. The molecule has 0 bridgehead atoms. The predicted octanol–water partition coefficient (Wildman–Crippen LogP) is 17.4. The number of carbonyl (C=O) groups is 4. The first-order valence-electron chi connectivity index (χ1n) is 33.3. The van der Waals surface area contributed by atoms with Crippen LogP contribution in [0.4, 0.5) is 0 Å². The molecule has 0 radical (unpaired) electrons. The molecular weight excluding hydrogens is 1100 g/mol. The Morgan fingerprint density at radius 2 is 0.578 bits per heavy atom. The van der Waals surface area contributed by atoms with Gasteiger partial charge in [0, 0.05) is 25.7 Å². The van der Waals surface area contributed by atoms with Crippen LogP contribution in [0.3, 0.4) is 0 Å². The van der Waals surface area contributed by atoms with Crippen molar-refractivity contribution in [2.45, 2.75) is 324 Å². The molecule has 0 amide bonds. The maximum absolute atomic E-state index is 13.0. The van der Waals surface area contributed by atoms with Gasteiger partial charge >= 0.3 is 39.5 Å². The number of phosphoric acid groups is 2. The Kier molecular flexibility index (Phi) is 53.0. The van der Waals surface area contributed by atoms with Crippen LogP contribution < -0.4 is 0 Å².